The Morgan fingerprint density at radius 3 is 2.61 bits per heavy atom. The molecule has 1 aromatic carbocycles. The highest BCUT2D eigenvalue weighted by Crippen LogP contribution is 2.22. The van der Waals surface area contributed by atoms with Gasteiger partial charge in [0.15, 0.2) is 0 Å². The highest BCUT2D eigenvalue weighted by molar-refractivity contribution is 5.76. The Kier molecular flexibility index (Phi) is 3.57. The van der Waals surface area contributed by atoms with Crippen LogP contribution in [0.1, 0.15) is 12.0 Å². The molecule has 6 nitrogen and oxygen atoms in total. The highest BCUT2D eigenvalue weighted by Gasteiger charge is 2.34. The molecule has 1 saturated heterocycles. The van der Waals surface area contributed by atoms with E-state index in [4.69, 9.17) is 4.74 Å². The summed E-state index contributed by atoms with van der Waals surface area (Å²) in [6.07, 6.45) is 0.805. The zero-order valence-corrected chi connectivity index (χ0v) is 10.0. The molecule has 1 aromatic rings. The first kappa shape index (κ1) is 12.5. The van der Waals surface area contributed by atoms with Gasteiger partial charge in [-0.05, 0) is 12.0 Å². The number of carbonyl (C=O) groups is 1. The number of likely N-dealkylation sites (tertiary alicyclic amines) is 1. The van der Waals surface area contributed by atoms with E-state index in [1.807, 2.05) is 4.90 Å². The van der Waals surface area contributed by atoms with Crippen molar-refractivity contribution >= 4 is 11.7 Å². The number of rotatable bonds is 4. The molecule has 0 aliphatic carbocycles. The van der Waals surface area contributed by atoms with Gasteiger partial charge in [0.05, 0.1) is 12.0 Å². The number of benzene rings is 1. The quantitative estimate of drug-likeness (QED) is 0.458. The number of ether oxygens (including phenoxy) is 1. The van der Waals surface area contributed by atoms with Gasteiger partial charge in [0, 0.05) is 25.2 Å². The average molecular weight is 250 g/mol. The number of nitro benzene ring substituents is 1. The minimum Gasteiger partial charge on any atom is -0.468 e. The molecule has 0 aromatic heterocycles. The number of nitro groups is 1. The lowest BCUT2D eigenvalue weighted by Crippen LogP contribution is -2.52. The number of nitrogens with zero attached hydrogens (tertiary/aromatic N) is 2. The van der Waals surface area contributed by atoms with Gasteiger partial charge in [-0.2, -0.15) is 0 Å². The van der Waals surface area contributed by atoms with Crippen LogP contribution in [0, 0.1) is 10.1 Å². The molecule has 1 aliphatic rings. The van der Waals surface area contributed by atoms with Crippen LogP contribution < -0.4 is 0 Å². The van der Waals surface area contributed by atoms with Crippen molar-refractivity contribution in [2.45, 2.75) is 19.0 Å². The monoisotopic (exact) mass is 250 g/mol. The molecule has 1 heterocycles. The van der Waals surface area contributed by atoms with Crippen molar-refractivity contribution in [3.63, 3.8) is 0 Å². The van der Waals surface area contributed by atoms with Gasteiger partial charge in [-0.1, -0.05) is 12.1 Å². The number of hydrogen-bond donors (Lipinski definition) is 0. The largest absolute Gasteiger partial charge is 0.468 e. The number of non-ortho nitro benzene ring substituents is 1. The fourth-order valence-electron chi connectivity index (χ4n) is 1.99. The van der Waals surface area contributed by atoms with Crippen LogP contribution in [0.25, 0.3) is 0 Å². The summed E-state index contributed by atoms with van der Waals surface area (Å²) < 4.78 is 4.70. The Bertz CT molecular complexity index is 458. The number of hydrogen-bond acceptors (Lipinski definition) is 5. The molecular weight excluding hydrogens is 236 g/mol. The third kappa shape index (κ3) is 2.48. The summed E-state index contributed by atoms with van der Waals surface area (Å²) >= 11 is 0. The minimum atomic E-state index is -0.426. The van der Waals surface area contributed by atoms with E-state index < -0.39 is 4.92 Å². The second kappa shape index (κ2) is 5.14. The van der Waals surface area contributed by atoms with E-state index in [-0.39, 0.29) is 17.7 Å². The Morgan fingerprint density at radius 2 is 2.17 bits per heavy atom. The molecule has 0 saturated carbocycles. The zero-order valence-electron chi connectivity index (χ0n) is 10.0. The molecule has 1 aliphatic heterocycles. The summed E-state index contributed by atoms with van der Waals surface area (Å²) in [5.41, 5.74) is 1.03. The first-order chi connectivity index (χ1) is 8.61. The van der Waals surface area contributed by atoms with Crippen molar-refractivity contribution < 1.29 is 14.5 Å². The normalized spacial score (nSPS) is 19.1. The van der Waals surface area contributed by atoms with Gasteiger partial charge in [0.25, 0.3) is 5.69 Å². The summed E-state index contributed by atoms with van der Waals surface area (Å²) in [4.78, 5) is 23.5. The Morgan fingerprint density at radius 1 is 1.50 bits per heavy atom. The summed E-state index contributed by atoms with van der Waals surface area (Å²) in [6, 6.07) is 6.20. The van der Waals surface area contributed by atoms with Crippen LogP contribution >= 0.6 is 0 Å². The molecule has 0 bridgehead atoms. The third-order valence-electron chi connectivity index (χ3n) is 3.14. The lowest BCUT2D eigenvalue weighted by molar-refractivity contribution is -0.384. The third-order valence-corrected chi connectivity index (χ3v) is 3.14. The zero-order chi connectivity index (χ0) is 13.1. The van der Waals surface area contributed by atoms with E-state index in [1.54, 1.807) is 12.1 Å². The molecule has 6 heteroatoms. The van der Waals surface area contributed by atoms with Gasteiger partial charge in [0.2, 0.25) is 0 Å². The maximum absolute atomic E-state index is 11.4. The average Bonchev–Trinajstić information content (AvgIpc) is 2.35. The van der Waals surface area contributed by atoms with Crippen molar-refractivity contribution in [3.05, 3.63) is 39.9 Å². The predicted octanol–water partition coefficient (Wildman–Crippen LogP) is 1.34. The van der Waals surface area contributed by atoms with Crippen LogP contribution in [0.2, 0.25) is 0 Å². The summed E-state index contributed by atoms with van der Waals surface area (Å²) in [6.45, 7) is 1.45. The van der Waals surface area contributed by atoms with Gasteiger partial charge >= 0.3 is 5.97 Å². The van der Waals surface area contributed by atoms with Crippen molar-refractivity contribution in [1.29, 1.82) is 0 Å². The standard InChI is InChI=1S/C12H14N2O4/c1-18-12(15)11-6-7-13(11)8-9-2-4-10(5-3-9)14(16)17/h2-5,11H,6-8H2,1H3. The second-order valence-corrected chi connectivity index (χ2v) is 4.22. The smallest absolute Gasteiger partial charge is 0.323 e. The summed E-state index contributed by atoms with van der Waals surface area (Å²) in [5.74, 6) is -0.219. The van der Waals surface area contributed by atoms with E-state index in [2.05, 4.69) is 0 Å². The molecule has 18 heavy (non-hydrogen) atoms. The Hall–Kier alpha value is -1.95. The molecule has 0 amide bonds. The minimum absolute atomic E-state index is 0.0758. The number of methoxy groups -OCH3 is 1. The van der Waals surface area contributed by atoms with Crippen LogP contribution in [0.4, 0.5) is 5.69 Å². The van der Waals surface area contributed by atoms with Crippen LogP contribution in [0.5, 0.6) is 0 Å². The molecule has 1 unspecified atom stereocenters. The number of carbonyl (C=O) groups excluding carboxylic acids is 1. The maximum atomic E-state index is 11.4. The van der Waals surface area contributed by atoms with E-state index in [1.165, 1.54) is 19.2 Å². The molecule has 2 rings (SSSR count). The SMILES string of the molecule is COC(=O)C1CCN1Cc1ccc([N+](=O)[O-])cc1. The molecular formula is C12H14N2O4. The highest BCUT2D eigenvalue weighted by atomic mass is 16.6. The van der Waals surface area contributed by atoms with Crippen molar-refractivity contribution in [1.82, 2.24) is 4.90 Å². The van der Waals surface area contributed by atoms with Gasteiger partial charge in [0.1, 0.15) is 6.04 Å². The molecule has 96 valence electrons. The molecule has 1 atom stereocenters. The lowest BCUT2D eigenvalue weighted by atomic mass is 10.0. The predicted molar refractivity (Wildman–Crippen MR) is 63.9 cm³/mol. The van der Waals surface area contributed by atoms with Crippen LogP contribution in [0.15, 0.2) is 24.3 Å². The van der Waals surface area contributed by atoms with E-state index >= 15 is 0 Å². The Labute approximate surface area is 104 Å². The van der Waals surface area contributed by atoms with Gasteiger partial charge < -0.3 is 4.74 Å². The second-order valence-electron chi connectivity index (χ2n) is 4.22. The molecule has 0 radical (unpaired) electrons. The first-order valence-corrected chi connectivity index (χ1v) is 5.67. The fourth-order valence-corrected chi connectivity index (χ4v) is 1.99. The van der Waals surface area contributed by atoms with Crippen LogP contribution in [0.3, 0.4) is 0 Å². The molecule has 1 fully saturated rings. The van der Waals surface area contributed by atoms with E-state index in [0.29, 0.717) is 6.54 Å². The lowest BCUT2D eigenvalue weighted by Gasteiger charge is -2.38. The summed E-state index contributed by atoms with van der Waals surface area (Å²) in [5, 5.41) is 10.5. The first-order valence-electron chi connectivity index (χ1n) is 5.67. The fraction of sp³-hybridized carbons (Fsp3) is 0.417. The molecule has 0 N–H and O–H groups in total. The van der Waals surface area contributed by atoms with Gasteiger partial charge in [-0.3, -0.25) is 19.8 Å². The Balaban J connectivity index is 1.98. The van der Waals surface area contributed by atoms with E-state index in [0.717, 1.165) is 18.5 Å². The topological polar surface area (TPSA) is 72.7 Å². The van der Waals surface area contributed by atoms with E-state index in [9.17, 15) is 14.9 Å². The maximum Gasteiger partial charge on any atom is 0.323 e. The van der Waals surface area contributed by atoms with Gasteiger partial charge in [-0.25, -0.2) is 0 Å². The van der Waals surface area contributed by atoms with Gasteiger partial charge in [-0.15, -0.1) is 0 Å². The summed E-state index contributed by atoms with van der Waals surface area (Å²) in [7, 11) is 1.38. The van der Waals surface area contributed by atoms with Crippen molar-refractivity contribution in [2.75, 3.05) is 13.7 Å². The molecule has 0 spiro atoms. The number of esters is 1. The van der Waals surface area contributed by atoms with Crippen molar-refractivity contribution in [2.24, 2.45) is 0 Å². The van der Waals surface area contributed by atoms with Crippen LogP contribution in [-0.2, 0) is 16.1 Å². The van der Waals surface area contributed by atoms with Crippen LogP contribution in [-0.4, -0.2) is 35.5 Å². The van der Waals surface area contributed by atoms with Crippen molar-refractivity contribution in [3.8, 4) is 0 Å².